The van der Waals surface area contributed by atoms with Crippen molar-refractivity contribution in [3.05, 3.63) is 29.1 Å². The van der Waals surface area contributed by atoms with Gasteiger partial charge in [0.15, 0.2) is 0 Å². The van der Waals surface area contributed by atoms with Gasteiger partial charge in [-0.1, -0.05) is 0 Å². The molecule has 0 heterocycles. The third kappa shape index (κ3) is 3.27. The lowest BCUT2D eigenvalue weighted by molar-refractivity contribution is 0.0376. The lowest BCUT2D eigenvalue weighted by Gasteiger charge is -2.12. The van der Waals surface area contributed by atoms with Crippen LogP contribution in [0.1, 0.15) is 29.8 Å². The summed E-state index contributed by atoms with van der Waals surface area (Å²) in [5, 5.41) is 4.95. The zero-order valence-corrected chi connectivity index (χ0v) is 11.0. The van der Waals surface area contributed by atoms with E-state index in [2.05, 4.69) is 0 Å². The molecule has 5 nitrogen and oxygen atoms in total. The molecule has 1 rings (SSSR count). The van der Waals surface area contributed by atoms with Crippen LogP contribution in [0.2, 0.25) is 0 Å². The maximum Gasteiger partial charge on any atom is 0.338 e. The van der Waals surface area contributed by atoms with E-state index in [0.717, 1.165) is 12.1 Å². The second-order valence-electron chi connectivity index (χ2n) is 4.08. The molecule has 0 fully saturated rings. The fraction of sp³-hybridized carbons (Fsp3) is 0.364. The number of hydrogen-bond donors (Lipinski definition) is 1. The van der Waals surface area contributed by atoms with Gasteiger partial charge in [0.2, 0.25) is 10.0 Å². The van der Waals surface area contributed by atoms with Crippen molar-refractivity contribution in [1.29, 1.82) is 0 Å². The molecule has 0 aromatic heterocycles. The summed E-state index contributed by atoms with van der Waals surface area (Å²) in [6, 6.07) is 1.70. The average molecular weight is 275 g/mol. The van der Waals surface area contributed by atoms with Gasteiger partial charge in [-0.05, 0) is 38.5 Å². The van der Waals surface area contributed by atoms with E-state index in [1.807, 2.05) is 0 Å². The van der Waals surface area contributed by atoms with Gasteiger partial charge in [-0.15, -0.1) is 0 Å². The Morgan fingerprint density at radius 3 is 2.39 bits per heavy atom. The molecular weight excluding hydrogens is 261 g/mol. The molecule has 0 saturated carbocycles. The smallest absolute Gasteiger partial charge is 0.338 e. The molecule has 2 N–H and O–H groups in total. The van der Waals surface area contributed by atoms with E-state index < -0.39 is 32.8 Å². The number of sulfonamides is 1. The number of primary sulfonamides is 1. The Bertz CT molecular complexity index is 581. The number of carbonyl (C=O) groups is 1. The largest absolute Gasteiger partial charge is 0.459 e. The standard InChI is InChI=1S/C11H14FNO4S/c1-6(2)17-11(14)9-4-8(12)5-10(7(9)3)18(13,15)16/h4-6H,1-3H3,(H2,13,15,16). The second-order valence-corrected chi connectivity index (χ2v) is 5.61. The van der Waals surface area contributed by atoms with Crippen LogP contribution in [-0.2, 0) is 14.8 Å². The van der Waals surface area contributed by atoms with Crippen LogP contribution in [0.15, 0.2) is 17.0 Å². The van der Waals surface area contributed by atoms with Gasteiger partial charge in [0.25, 0.3) is 0 Å². The Kier molecular flexibility index (Phi) is 4.08. The molecule has 0 aliphatic rings. The first-order chi connectivity index (χ1) is 8.12. The number of carbonyl (C=O) groups excluding carboxylic acids is 1. The predicted octanol–water partition coefficient (Wildman–Crippen LogP) is 1.35. The second kappa shape index (κ2) is 5.03. The van der Waals surface area contributed by atoms with Crippen LogP contribution in [-0.4, -0.2) is 20.5 Å². The van der Waals surface area contributed by atoms with Crippen LogP contribution in [0.25, 0.3) is 0 Å². The zero-order valence-electron chi connectivity index (χ0n) is 10.2. The molecule has 0 aliphatic heterocycles. The fourth-order valence-corrected chi connectivity index (χ4v) is 2.25. The molecule has 1 aromatic carbocycles. The van der Waals surface area contributed by atoms with E-state index >= 15 is 0 Å². The maximum atomic E-state index is 13.3. The first-order valence-corrected chi connectivity index (χ1v) is 6.71. The Morgan fingerprint density at radius 2 is 1.94 bits per heavy atom. The molecular formula is C11H14FNO4S. The first-order valence-electron chi connectivity index (χ1n) is 5.17. The van der Waals surface area contributed by atoms with Crippen molar-refractivity contribution in [2.45, 2.75) is 31.8 Å². The van der Waals surface area contributed by atoms with Crippen molar-refractivity contribution in [3.8, 4) is 0 Å². The summed E-state index contributed by atoms with van der Waals surface area (Å²) >= 11 is 0. The fourth-order valence-electron chi connectivity index (χ4n) is 1.44. The van der Waals surface area contributed by atoms with E-state index in [1.54, 1.807) is 13.8 Å². The molecule has 0 unspecified atom stereocenters. The van der Waals surface area contributed by atoms with E-state index in [-0.39, 0.29) is 11.1 Å². The lowest BCUT2D eigenvalue weighted by Crippen LogP contribution is -2.18. The first kappa shape index (κ1) is 14.6. The predicted molar refractivity (Wildman–Crippen MR) is 63.1 cm³/mol. The normalized spacial score (nSPS) is 11.7. The molecule has 1 aromatic rings. The number of benzene rings is 1. The molecule has 7 heteroatoms. The monoisotopic (exact) mass is 275 g/mol. The molecule has 0 spiro atoms. The number of rotatable bonds is 3. The summed E-state index contributed by atoms with van der Waals surface area (Å²) in [5.41, 5.74) is -0.0720. The highest BCUT2D eigenvalue weighted by molar-refractivity contribution is 7.89. The summed E-state index contributed by atoms with van der Waals surface area (Å²) in [7, 11) is -4.09. The van der Waals surface area contributed by atoms with Crippen molar-refractivity contribution in [3.63, 3.8) is 0 Å². The summed E-state index contributed by atoms with van der Waals surface area (Å²) in [5.74, 6) is -1.65. The minimum Gasteiger partial charge on any atom is -0.459 e. The van der Waals surface area contributed by atoms with Crippen molar-refractivity contribution in [1.82, 2.24) is 0 Å². The summed E-state index contributed by atoms with van der Waals surface area (Å²) in [6.07, 6.45) is -0.391. The van der Waals surface area contributed by atoms with Gasteiger partial charge in [0.1, 0.15) is 5.82 Å². The Hall–Kier alpha value is -1.47. The van der Waals surface area contributed by atoms with Crippen LogP contribution in [0.3, 0.4) is 0 Å². The third-order valence-corrected chi connectivity index (χ3v) is 3.23. The number of hydrogen-bond acceptors (Lipinski definition) is 4. The number of esters is 1. The van der Waals surface area contributed by atoms with E-state index in [4.69, 9.17) is 9.88 Å². The number of halogens is 1. The highest BCUT2D eigenvalue weighted by atomic mass is 32.2. The average Bonchev–Trinajstić information content (AvgIpc) is 2.18. The van der Waals surface area contributed by atoms with E-state index in [0.29, 0.717) is 0 Å². The van der Waals surface area contributed by atoms with Gasteiger partial charge in [0.05, 0.1) is 16.6 Å². The molecule has 0 amide bonds. The maximum absolute atomic E-state index is 13.3. The highest BCUT2D eigenvalue weighted by Gasteiger charge is 2.21. The molecule has 0 aliphatic carbocycles. The molecule has 18 heavy (non-hydrogen) atoms. The Labute approximate surface area is 105 Å². The van der Waals surface area contributed by atoms with Gasteiger partial charge >= 0.3 is 5.97 Å². The zero-order chi connectivity index (χ0) is 14.1. The molecule has 100 valence electrons. The SMILES string of the molecule is Cc1c(C(=O)OC(C)C)cc(F)cc1S(N)(=O)=O. The summed E-state index contributed by atoms with van der Waals surface area (Å²) < 4.78 is 40.7. The highest BCUT2D eigenvalue weighted by Crippen LogP contribution is 2.21. The van der Waals surface area contributed by atoms with Gasteiger partial charge in [0, 0.05) is 0 Å². The Balaban J connectivity index is 3.39. The minimum absolute atomic E-state index is 0.0737. The van der Waals surface area contributed by atoms with Crippen molar-refractivity contribution < 1.29 is 22.3 Å². The van der Waals surface area contributed by atoms with Gasteiger partial charge in [-0.25, -0.2) is 22.7 Å². The lowest BCUT2D eigenvalue weighted by atomic mass is 10.1. The Morgan fingerprint density at radius 1 is 1.39 bits per heavy atom. The van der Waals surface area contributed by atoms with Crippen LogP contribution < -0.4 is 5.14 Å². The molecule has 0 atom stereocenters. The molecule has 0 saturated heterocycles. The molecule has 0 radical (unpaired) electrons. The topological polar surface area (TPSA) is 86.5 Å². The van der Waals surface area contributed by atoms with Crippen LogP contribution in [0, 0.1) is 12.7 Å². The number of nitrogens with two attached hydrogens (primary N) is 1. The van der Waals surface area contributed by atoms with Crippen LogP contribution in [0.4, 0.5) is 4.39 Å². The van der Waals surface area contributed by atoms with Crippen LogP contribution in [0.5, 0.6) is 0 Å². The molecule has 0 bridgehead atoms. The van der Waals surface area contributed by atoms with Gasteiger partial charge < -0.3 is 4.74 Å². The summed E-state index contributed by atoms with van der Waals surface area (Å²) in [6.45, 7) is 4.64. The van der Waals surface area contributed by atoms with Crippen molar-refractivity contribution >= 4 is 16.0 Å². The summed E-state index contributed by atoms with van der Waals surface area (Å²) in [4.78, 5) is 11.3. The van der Waals surface area contributed by atoms with E-state index in [9.17, 15) is 17.6 Å². The quantitative estimate of drug-likeness (QED) is 0.843. The third-order valence-electron chi connectivity index (χ3n) is 2.19. The van der Waals surface area contributed by atoms with Gasteiger partial charge in [-0.3, -0.25) is 0 Å². The van der Waals surface area contributed by atoms with Gasteiger partial charge in [-0.2, -0.15) is 0 Å². The number of ether oxygens (including phenoxy) is 1. The van der Waals surface area contributed by atoms with Crippen molar-refractivity contribution in [2.24, 2.45) is 5.14 Å². The van der Waals surface area contributed by atoms with Crippen molar-refractivity contribution in [2.75, 3.05) is 0 Å². The minimum atomic E-state index is -4.09. The van der Waals surface area contributed by atoms with E-state index in [1.165, 1.54) is 6.92 Å². The van der Waals surface area contributed by atoms with Crippen LogP contribution >= 0.6 is 0 Å².